The third-order valence-electron chi connectivity index (χ3n) is 7.99. The van der Waals surface area contributed by atoms with Crippen molar-refractivity contribution in [1.29, 1.82) is 0 Å². The quantitative estimate of drug-likeness (QED) is 0.157. The van der Waals surface area contributed by atoms with Crippen LogP contribution in [0.3, 0.4) is 0 Å². The summed E-state index contributed by atoms with van der Waals surface area (Å²) >= 11 is 0. The van der Waals surface area contributed by atoms with Crippen molar-refractivity contribution in [3.8, 4) is 0 Å². The molecule has 2 aliphatic rings. The van der Waals surface area contributed by atoms with Gasteiger partial charge in [-0.25, -0.2) is 9.59 Å². The molecule has 8 heteroatoms. The predicted molar refractivity (Wildman–Crippen MR) is 155 cm³/mol. The third kappa shape index (κ3) is 10.1. The van der Waals surface area contributed by atoms with Gasteiger partial charge in [0.15, 0.2) is 5.79 Å². The van der Waals surface area contributed by atoms with Crippen LogP contribution in [0.1, 0.15) is 86.0 Å². The van der Waals surface area contributed by atoms with Gasteiger partial charge in [-0.15, -0.1) is 0 Å². The number of carboxylic acids is 2. The molecule has 0 unspecified atom stereocenters. The Hall–Kier alpha value is -2.52. The van der Waals surface area contributed by atoms with E-state index >= 15 is 0 Å². The summed E-state index contributed by atoms with van der Waals surface area (Å²) in [6.07, 6.45) is 17.0. The number of aliphatic hydroxyl groups is 2. The van der Waals surface area contributed by atoms with Crippen LogP contribution in [0.2, 0.25) is 0 Å². The number of carboxylic acid groups (broad SMARTS) is 2. The number of aliphatic hydroxyl groups excluding tert-OH is 2. The second-order valence-corrected chi connectivity index (χ2v) is 11.5. The lowest BCUT2D eigenvalue weighted by Crippen LogP contribution is -2.49. The van der Waals surface area contributed by atoms with Crippen molar-refractivity contribution in [3.05, 3.63) is 59.8 Å². The zero-order chi connectivity index (χ0) is 29.9. The van der Waals surface area contributed by atoms with E-state index in [0.717, 1.165) is 43.4 Å². The van der Waals surface area contributed by atoms with Gasteiger partial charge in [0, 0.05) is 30.9 Å². The highest BCUT2D eigenvalue weighted by Crippen LogP contribution is 2.50. The Labute approximate surface area is 238 Å². The maximum absolute atomic E-state index is 11.2. The van der Waals surface area contributed by atoms with Crippen LogP contribution in [0.15, 0.2) is 59.8 Å². The first kappa shape index (κ1) is 33.7. The fraction of sp³-hybridized carbons (Fsp3) is 0.625. The van der Waals surface area contributed by atoms with Gasteiger partial charge >= 0.3 is 11.9 Å². The molecule has 4 N–H and O–H groups in total. The van der Waals surface area contributed by atoms with E-state index in [1.165, 1.54) is 6.08 Å². The van der Waals surface area contributed by atoms with Crippen molar-refractivity contribution in [2.24, 2.45) is 11.8 Å². The lowest BCUT2D eigenvalue weighted by atomic mass is 9.85. The molecule has 2 fully saturated rings. The summed E-state index contributed by atoms with van der Waals surface area (Å²) in [5, 5.41) is 39.2. The lowest BCUT2D eigenvalue weighted by Gasteiger charge is -2.44. The molecule has 2 aliphatic heterocycles. The summed E-state index contributed by atoms with van der Waals surface area (Å²) in [6, 6.07) is 0. The number of rotatable bonds is 14. The summed E-state index contributed by atoms with van der Waals surface area (Å²) in [7, 11) is 0. The van der Waals surface area contributed by atoms with Gasteiger partial charge in [-0.3, -0.25) is 0 Å². The number of ether oxygens (including phenoxy) is 2. The van der Waals surface area contributed by atoms with Gasteiger partial charge in [-0.1, -0.05) is 75.6 Å². The van der Waals surface area contributed by atoms with Gasteiger partial charge < -0.3 is 29.9 Å². The van der Waals surface area contributed by atoms with E-state index in [4.69, 9.17) is 19.7 Å². The molecule has 0 aromatic heterocycles. The maximum atomic E-state index is 11.2. The Morgan fingerprint density at radius 2 is 1.68 bits per heavy atom. The zero-order valence-corrected chi connectivity index (χ0v) is 24.6. The largest absolute Gasteiger partial charge is 0.478 e. The highest BCUT2D eigenvalue weighted by Gasteiger charge is 2.55. The number of aliphatic carboxylic acids is 2. The average Bonchev–Trinajstić information content (AvgIpc) is 3.27. The van der Waals surface area contributed by atoms with Crippen LogP contribution in [0.25, 0.3) is 0 Å². The Kier molecular flexibility index (Phi) is 13.0. The van der Waals surface area contributed by atoms with Crippen molar-refractivity contribution in [3.63, 3.8) is 0 Å². The molecule has 0 aromatic carbocycles. The molecule has 40 heavy (non-hydrogen) atoms. The molecule has 0 bridgehead atoms. The van der Waals surface area contributed by atoms with E-state index in [-0.39, 0.29) is 12.0 Å². The molecule has 224 valence electrons. The minimum Gasteiger partial charge on any atom is -0.478 e. The summed E-state index contributed by atoms with van der Waals surface area (Å²) in [6.45, 7) is 9.67. The van der Waals surface area contributed by atoms with Crippen LogP contribution in [0.4, 0.5) is 0 Å². The molecule has 7 atom stereocenters. The van der Waals surface area contributed by atoms with Crippen LogP contribution >= 0.6 is 0 Å². The van der Waals surface area contributed by atoms with E-state index in [9.17, 15) is 19.8 Å². The monoisotopic (exact) mass is 560 g/mol. The van der Waals surface area contributed by atoms with Crippen LogP contribution in [-0.2, 0) is 19.1 Å². The number of allylic oxidation sites excluding steroid dienone is 4. The molecule has 8 nitrogen and oxygen atoms in total. The van der Waals surface area contributed by atoms with Crippen LogP contribution in [0.5, 0.6) is 0 Å². The van der Waals surface area contributed by atoms with E-state index < -0.39 is 35.5 Å². The molecular formula is C32H48O8. The summed E-state index contributed by atoms with van der Waals surface area (Å²) < 4.78 is 13.4. The number of hydrogen-bond donors (Lipinski definition) is 4. The number of carbonyl (C=O) groups is 2. The minimum atomic E-state index is -1.04. The standard InChI is InChI=1S/C32H48O8/c1-6-7-17-31(28(34)14-10-23(3)21-30(37)38)19-20-32(40-31)18-16-25(5)27(39-32)13-9-22(2)8-12-26(33)24(4)11-15-29(35)36/h8-12,14-15,21,24-28,33-34H,6-7,13,16-20H2,1-5H3,(H,35,36)(H,37,38)/b12-8+,14-10+,15-11+,22-9+,23-21+/t24-,25-,26+,27+,28-,31+,32-/m0/s1. The highest BCUT2D eigenvalue weighted by molar-refractivity contribution is 5.81. The molecule has 2 saturated heterocycles. The van der Waals surface area contributed by atoms with Crippen molar-refractivity contribution in [1.82, 2.24) is 0 Å². The van der Waals surface area contributed by atoms with E-state index in [0.29, 0.717) is 37.2 Å². The topological polar surface area (TPSA) is 134 Å². The SMILES string of the molecule is CCCC[C@]1([C@@H](O)/C=C/C(C)=C/C(=O)O)CC[C@]2(CC[C@H](C)[C@@H](C/C=C(C)/C=C/[C@@H](O)[C@@H](C)/C=C/C(=O)O)O2)O1. The molecule has 0 aromatic rings. The van der Waals surface area contributed by atoms with Crippen molar-refractivity contribution < 1.29 is 39.5 Å². The van der Waals surface area contributed by atoms with Crippen molar-refractivity contribution in [2.75, 3.05) is 0 Å². The highest BCUT2D eigenvalue weighted by atomic mass is 16.7. The molecule has 0 aliphatic carbocycles. The molecule has 0 amide bonds. The molecule has 2 heterocycles. The van der Waals surface area contributed by atoms with Gasteiger partial charge in [-0.05, 0) is 51.0 Å². The normalized spacial score (nSPS) is 30.5. The summed E-state index contributed by atoms with van der Waals surface area (Å²) in [4.78, 5) is 21.7. The average molecular weight is 561 g/mol. The van der Waals surface area contributed by atoms with E-state index in [1.807, 2.05) is 13.0 Å². The number of hydrogen-bond acceptors (Lipinski definition) is 6. The lowest BCUT2D eigenvalue weighted by molar-refractivity contribution is -0.307. The summed E-state index contributed by atoms with van der Waals surface area (Å²) in [5.41, 5.74) is 0.735. The van der Waals surface area contributed by atoms with E-state index in [1.54, 1.807) is 32.1 Å². The Balaban J connectivity index is 2.10. The van der Waals surface area contributed by atoms with Gasteiger partial charge in [0.1, 0.15) is 11.7 Å². The molecule has 0 saturated carbocycles. The smallest absolute Gasteiger partial charge is 0.328 e. The first-order valence-corrected chi connectivity index (χ1v) is 14.4. The predicted octanol–water partition coefficient (Wildman–Crippen LogP) is 5.72. The molecule has 2 rings (SSSR count). The maximum Gasteiger partial charge on any atom is 0.328 e. The minimum absolute atomic E-state index is 0.0603. The van der Waals surface area contributed by atoms with Crippen LogP contribution < -0.4 is 0 Å². The zero-order valence-electron chi connectivity index (χ0n) is 24.6. The third-order valence-corrected chi connectivity index (χ3v) is 7.99. The van der Waals surface area contributed by atoms with Crippen LogP contribution in [-0.4, -0.2) is 62.1 Å². The molecule has 0 radical (unpaired) electrons. The fourth-order valence-corrected chi connectivity index (χ4v) is 5.31. The van der Waals surface area contributed by atoms with Crippen molar-refractivity contribution in [2.45, 2.75) is 116 Å². The van der Waals surface area contributed by atoms with Gasteiger partial charge in [0.2, 0.25) is 0 Å². The molecular weight excluding hydrogens is 512 g/mol. The Morgan fingerprint density at radius 1 is 0.975 bits per heavy atom. The van der Waals surface area contributed by atoms with Gasteiger partial charge in [0.25, 0.3) is 0 Å². The molecule has 1 spiro atoms. The van der Waals surface area contributed by atoms with Gasteiger partial charge in [0.05, 0.1) is 12.2 Å². The Morgan fingerprint density at radius 3 is 2.33 bits per heavy atom. The summed E-state index contributed by atoms with van der Waals surface area (Å²) in [5.74, 6) is -2.82. The van der Waals surface area contributed by atoms with Crippen molar-refractivity contribution >= 4 is 11.9 Å². The van der Waals surface area contributed by atoms with Crippen LogP contribution in [0, 0.1) is 11.8 Å². The second-order valence-electron chi connectivity index (χ2n) is 11.5. The second kappa shape index (κ2) is 15.5. The van der Waals surface area contributed by atoms with E-state index in [2.05, 4.69) is 19.9 Å². The fourth-order valence-electron chi connectivity index (χ4n) is 5.31. The first-order chi connectivity index (χ1) is 18.8. The number of unbranched alkanes of at least 4 members (excludes halogenated alkanes) is 1. The Bertz CT molecular complexity index is 1010. The van der Waals surface area contributed by atoms with Gasteiger partial charge in [-0.2, -0.15) is 0 Å². The first-order valence-electron chi connectivity index (χ1n) is 14.4.